The topological polar surface area (TPSA) is 52.6 Å². The predicted octanol–water partition coefficient (Wildman–Crippen LogP) is 3.09. The summed E-state index contributed by atoms with van der Waals surface area (Å²) in [6, 6.07) is 0. The highest BCUT2D eigenvalue weighted by Gasteiger charge is 2.24. The molecule has 0 fully saturated rings. The average molecular weight is 258 g/mol. The van der Waals surface area contributed by atoms with E-state index in [4.69, 9.17) is 9.47 Å². The maximum absolute atomic E-state index is 11.5. The van der Waals surface area contributed by atoms with E-state index in [1.165, 1.54) is 6.92 Å². The zero-order valence-corrected chi connectivity index (χ0v) is 11.9. The summed E-state index contributed by atoms with van der Waals surface area (Å²) in [6.45, 7) is 6.47. The Morgan fingerprint density at radius 3 is 1.56 bits per heavy atom. The van der Waals surface area contributed by atoms with Crippen molar-refractivity contribution in [2.24, 2.45) is 5.92 Å². The highest BCUT2D eigenvalue weighted by molar-refractivity contribution is 5.94. The third kappa shape index (κ3) is 8.09. The van der Waals surface area contributed by atoms with Crippen LogP contribution in [-0.4, -0.2) is 25.2 Å². The molecular weight excluding hydrogens is 232 g/mol. The van der Waals surface area contributed by atoms with Crippen LogP contribution in [0.25, 0.3) is 0 Å². The number of unbranched alkanes of at least 4 members (excludes halogenated alkanes) is 4. The van der Waals surface area contributed by atoms with E-state index in [0.29, 0.717) is 13.2 Å². The Balaban J connectivity index is 3.72. The summed E-state index contributed by atoms with van der Waals surface area (Å²) in [5.74, 6) is -1.77. The van der Waals surface area contributed by atoms with E-state index >= 15 is 0 Å². The van der Waals surface area contributed by atoms with Crippen LogP contribution in [0.5, 0.6) is 0 Å². The molecule has 0 saturated carbocycles. The standard InChI is InChI=1S/C14H26O4/c1-4-6-8-10-17-13(15)12(3)14(16)18-11-9-7-5-2/h12H,4-11H2,1-3H3. The van der Waals surface area contributed by atoms with Gasteiger partial charge in [-0.25, -0.2) is 0 Å². The average Bonchev–Trinajstić information content (AvgIpc) is 2.38. The Morgan fingerprint density at radius 1 is 0.833 bits per heavy atom. The van der Waals surface area contributed by atoms with Crippen LogP contribution in [0.4, 0.5) is 0 Å². The fraction of sp³-hybridized carbons (Fsp3) is 0.857. The van der Waals surface area contributed by atoms with Gasteiger partial charge in [-0.15, -0.1) is 0 Å². The van der Waals surface area contributed by atoms with Crippen LogP contribution in [0, 0.1) is 5.92 Å². The molecule has 0 spiro atoms. The van der Waals surface area contributed by atoms with Gasteiger partial charge in [-0.1, -0.05) is 39.5 Å². The van der Waals surface area contributed by atoms with Crippen molar-refractivity contribution in [2.75, 3.05) is 13.2 Å². The number of carbonyl (C=O) groups is 2. The summed E-state index contributed by atoms with van der Waals surface area (Å²) >= 11 is 0. The van der Waals surface area contributed by atoms with Crippen molar-refractivity contribution in [3.05, 3.63) is 0 Å². The van der Waals surface area contributed by atoms with Crippen LogP contribution in [0.15, 0.2) is 0 Å². The Kier molecular flexibility index (Phi) is 10.4. The van der Waals surface area contributed by atoms with E-state index in [0.717, 1.165) is 38.5 Å². The van der Waals surface area contributed by atoms with Crippen molar-refractivity contribution in [2.45, 2.75) is 59.3 Å². The van der Waals surface area contributed by atoms with E-state index in [1.54, 1.807) is 0 Å². The van der Waals surface area contributed by atoms with Gasteiger partial charge in [-0.3, -0.25) is 9.59 Å². The van der Waals surface area contributed by atoms with Gasteiger partial charge in [-0.05, 0) is 19.8 Å². The number of hydrogen-bond donors (Lipinski definition) is 0. The highest BCUT2D eigenvalue weighted by atomic mass is 16.6. The van der Waals surface area contributed by atoms with Crippen LogP contribution in [-0.2, 0) is 19.1 Å². The molecule has 106 valence electrons. The minimum absolute atomic E-state index is 0.389. The van der Waals surface area contributed by atoms with Gasteiger partial charge in [-0.2, -0.15) is 0 Å². The van der Waals surface area contributed by atoms with Crippen molar-refractivity contribution >= 4 is 11.9 Å². The number of rotatable bonds is 10. The summed E-state index contributed by atoms with van der Waals surface area (Å²) in [6.07, 6.45) is 5.91. The number of ether oxygens (including phenoxy) is 2. The second kappa shape index (κ2) is 11.1. The molecule has 4 nitrogen and oxygen atoms in total. The monoisotopic (exact) mass is 258 g/mol. The molecular formula is C14H26O4. The van der Waals surface area contributed by atoms with Crippen molar-refractivity contribution in [1.82, 2.24) is 0 Å². The van der Waals surface area contributed by atoms with E-state index in [9.17, 15) is 9.59 Å². The summed E-state index contributed by atoms with van der Waals surface area (Å²) in [5, 5.41) is 0. The third-order valence-electron chi connectivity index (χ3n) is 2.69. The zero-order chi connectivity index (χ0) is 13.8. The van der Waals surface area contributed by atoms with Crippen LogP contribution in [0.3, 0.4) is 0 Å². The molecule has 0 aromatic carbocycles. The molecule has 0 N–H and O–H groups in total. The SMILES string of the molecule is CCCCCOC(=O)C(C)C(=O)OCCCCC. The van der Waals surface area contributed by atoms with Crippen LogP contribution in [0.2, 0.25) is 0 Å². The molecule has 0 aromatic rings. The molecule has 0 unspecified atom stereocenters. The van der Waals surface area contributed by atoms with Gasteiger partial charge in [0.15, 0.2) is 5.92 Å². The van der Waals surface area contributed by atoms with Gasteiger partial charge < -0.3 is 9.47 Å². The molecule has 4 heteroatoms. The molecule has 0 atom stereocenters. The first-order chi connectivity index (χ1) is 8.63. The predicted molar refractivity (Wildman–Crippen MR) is 70.1 cm³/mol. The number of hydrogen-bond acceptors (Lipinski definition) is 4. The smallest absolute Gasteiger partial charge is 0.320 e. The van der Waals surface area contributed by atoms with Gasteiger partial charge >= 0.3 is 11.9 Å². The Morgan fingerprint density at radius 2 is 1.22 bits per heavy atom. The molecule has 0 aliphatic heterocycles. The number of esters is 2. The van der Waals surface area contributed by atoms with E-state index < -0.39 is 17.9 Å². The van der Waals surface area contributed by atoms with Crippen LogP contribution >= 0.6 is 0 Å². The Hall–Kier alpha value is -1.06. The quantitative estimate of drug-likeness (QED) is 0.343. The van der Waals surface area contributed by atoms with Crippen molar-refractivity contribution < 1.29 is 19.1 Å². The molecule has 0 amide bonds. The molecule has 0 aliphatic rings. The lowest BCUT2D eigenvalue weighted by Gasteiger charge is -2.11. The van der Waals surface area contributed by atoms with Gasteiger partial charge in [0, 0.05) is 0 Å². The normalized spacial score (nSPS) is 10.4. The molecule has 0 heterocycles. The van der Waals surface area contributed by atoms with E-state index in [2.05, 4.69) is 13.8 Å². The van der Waals surface area contributed by atoms with Crippen molar-refractivity contribution in [3.63, 3.8) is 0 Å². The van der Waals surface area contributed by atoms with Crippen molar-refractivity contribution in [1.29, 1.82) is 0 Å². The zero-order valence-electron chi connectivity index (χ0n) is 11.9. The lowest BCUT2D eigenvalue weighted by molar-refractivity contribution is -0.161. The fourth-order valence-electron chi connectivity index (χ4n) is 1.40. The second-order valence-corrected chi connectivity index (χ2v) is 4.47. The Bertz CT molecular complexity index is 214. The first-order valence-corrected chi connectivity index (χ1v) is 6.96. The summed E-state index contributed by atoms with van der Waals surface area (Å²) in [7, 11) is 0. The first-order valence-electron chi connectivity index (χ1n) is 6.96. The summed E-state index contributed by atoms with van der Waals surface area (Å²) in [4.78, 5) is 23.0. The van der Waals surface area contributed by atoms with Gasteiger partial charge in [0.25, 0.3) is 0 Å². The summed E-state index contributed by atoms with van der Waals surface area (Å²) in [5.41, 5.74) is 0. The molecule has 0 radical (unpaired) electrons. The fourth-order valence-corrected chi connectivity index (χ4v) is 1.40. The van der Waals surface area contributed by atoms with Gasteiger partial charge in [0.2, 0.25) is 0 Å². The maximum atomic E-state index is 11.5. The minimum atomic E-state index is -0.812. The summed E-state index contributed by atoms with van der Waals surface area (Å²) < 4.78 is 10.0. The molecule has 0 rings (SSSR count). The van der Waals surface area contributed by atoms with Crippen LogP contribution in [0.1, 0.15) is 59.3 Å². The molecule has 18 heavy (non-hydrogen) atoms. The lowest BCUT2D eigenvalue weighted by atomic mass is 10.2. The molecule has 0 aromatic heterocycles. The minimum Gasteiger partial charge on any atom is -0.465 e. The van der Waals surface area contributed by atoms with Gasteiger partial charge in [0.1, 0.15) is 0 Å². The Labute approximate surface area is 110 Å². The molecule has 0 bridgehead atoms. The molecule has 0 saturated heterocycles. The highest BCUT2D eigenvalue weighted by Crippen LogP contribution is 2.05. The van der Waals surface area contributed by atoms with E-state index in [1.807, 2.05) is 0 Å². The number of carbonyl (C=O) groups excluding carboxylic acids is 2. The largest absolute Gasteiger partial charge is 0.465 e. The lowest BCUT2D eigenvalue weighted by Crippen LogP contribution is -2.26. The second-order valence-electron chi connectivity index (χ2n) is 4.47. The van der Waals surface area contributed by atoms with Crippen LogP contribution < -0.4 is 0 Å². The van der Waals surface area contributed by atoms with Crippen molar-refractivity contribution in [3.8, 4) is 0 Å². The molecule has 0 aliphatic carbocycles. The van der Waals surface area contributed by atoms with E-state index in [-0.39, 0.29) is 0 Å². The van der Waals surface area contributed by atoms with Gasteiger partial charge in [0.05, 0.1) is 13.2 Å². The first kappa shape index (κ1) is 16.9. The third-order valence-corrected chi connectivity index (χ3v) is 2.69. The maximum Gasteiger partial charge on any atom is 0.320 e.